The van der Waals surface area contributed by atoms with E-state index in [1.54, 1.807) is 12.1 Å². The van der Waals surface area contributed by atoms with Crippen molar-refractivity contribution in [2.45, 2.75) is 18.5 Å². The van der Waals surface area contributed by atoms with Crippen LogP contribution in [0.3, 0.4) is 0 Å². The summed E-state index contributed by atoms with van der Waals surface area (Å²) in [5, 5.41) is 3.98. The van der Waals surface area contributed by atoms with E-state index < -0.39 is 5.91 Å². The standard InChI is InChI=1S/C18H19FN6OS/c19-10-1-2-12-9(5-10)6-13(23-12)16-17(18(21)26)22-7-15(25-16)24-14-8-27-4-3-11(14)20/h1-2,5-7,11,14,23H,3-4,8,20H2,(H2,21,26)(H,24,25)/t11-,14+/m0/s1. The lowest BCUT2D eigenvalue weighted by Gasteiger charge is -2.29. The van der Waals surface area contributed by atoms with Crippen molar-refractivity contribution in [1.29, 1.82) is 0 Å². The molecule has 1 aliphatic rings. The summed E-state index contributed by atoms with van der Waals surface area (Å²) < 4.78 is 13.5. The minimum Gasteiger partial charge on any atom is -0.364 e. The quantitative estimate of drug-likeness (QED) is 0.545. The number of carbonyl (C=O) groups is 1. The Hall–Kier alpha value is -2.65. The number of nitrogens with one attached hydrogen (secondary N) is 2. The number of carbonyl (C=O) groups excluding carboxylic acids is 1. The maximum atomic E-state index is 13.5. The second-order valence-corrected chi connectivity index (χ2v) is 7.66. The van der Waals surface area contributed by atoms with Gasteiger partial charge in [-0.05, 0) is 36.4 Å². The Balaban J connectivity index is 1.73. The van der Waals surface area contributed by atoms with Gasteiger partial charge in [-0.1, -0.05) is 0 Å². The van der Waals surface area contributed by atoms with Gasteiger partial charge in [0.15, 0.2) is 5.69 Å². The van der Waals surface area contributed by atoms with Crippen molar-refractivity contribution >= 4 is 34.4 Å². The summed E-state index contributed by atoms with van der Waals surface area (Å²) in [4.78, 5) is 23.7. The van der Waals surface area contributed by atoms with Crippen molar-refractivity contribution in [2.75, 3.05) is 16.8 Å². The van der Waals surface area contributed by atoms with Crippen LogP contribution < -0.4 is 16.8 Å². The summed E-state index contributed by atoms with van der Waals surface area (Å²) in [5.41, 5.74) is 13.3. The van der Waals surface area contributed by atoms with Crippen LogP contribution in [-0.4, -0.2) is 44.4 Å². The summed E-state index contributed by atoms with van der Waals surface area (Å²) in [6.45, 7) is 0. The van der Waals surface area contributed by atoms with Crippen LogP contribution in [0.5, 0.6) is 0 Å². The number of rotatable bonds is 4. The number of aromatic amines is 1. The van der Waals surface area contributed by atoms with Crippen LogP contribution in [-0.2, 0) is 0 Å². The zero-order valence-electron chi connectivity index (χ0n) is 14.4. The normalized spacial score (nSPS) is 19.9. The molecule has 1 fully saturated rings. The Bertz CT molecular complexity index is 1010. The predicted octanol–water partition coefficient (Wildman–Crippen LogP) is 2.11. The average Bonchev–Trinajstić information content (AvgIpc) is 3.06. The number of H-pyrrole nitrogens is 1. The number of amides is 1. The van der Waals surface area contributed by atoms with E-state index >= 15 is 0 Å². The van der Waals surface area contributed by atoms with Gasteiger partial charge in [0, 0.05) is 22.7 Å². The Morgan fingerprint density at radius 3 is 3.00 bits per heavy atom. The van der Waals surface area contributed by atoms with Gasteiger partial charge in [-0.2, -0.15) is 11.8 Å². The Labute approximate surface area is 159 Å². The van der Waals surface area contributed by atoms with Gasteiger partial charge in [-0.15, -0.1) is 0 Å². The number of benzene rings is 1. The van der Waals surface area contributed by atoms with Crippen molar-refractivity contribution in [3.05, 3.63) is 42.0 Å². The number of hydrogen-bond donors (Lipinski definition) is 4. The number of anilines is 1. The van der Waals surface area contributed by atoms with Crippen LogP contribution in [0.25, 0.3) is 22.3 Å². The number of halogens is 1. The van der Waals surface area contributed by atoms with E-state index in [-0.39, 0.29) is 23.6 Å². The molecule has 27 heavy (non-hydrogen) atoms. The van der Waals surface area contributed by atoms with Crippen molar-refractivity contribution in [3.63, 3.8) is 0 Å². The maximum absolute atomic E-state index is 13.5. The first-order valence-corrected chi connectivity index (χ1v) is 9.72. The largest absolute Gasteiger partial charge is 0.364 e. The van der Waals surface area contributed by atoms with Crippen LogP contribution in [0.2, 0.25) is 0 Å². The lowest BCUT2D eigenvalue weighted by molar-refractivity contribution is 0.0996. The fraction of sp³-hybridized carbons (Fsp3) is 0.278. The zero-order chi connectivity index (χ0) is 19.0. The van der Waals surface area contributed by atoms with Crippen molar-refractivity contribution in [3.8, 4) is 11.4 Å². The van der Waals surface area contributed by atoms with Gasteiger partial charge in [-0.25, -0.2) is 14.4 Å². The van der Waals surface area contributed by atoms with Crippen molar-refractivity contribution in [2.24, 2.45) is 11.5 Å². The third kappa shape index (κ3) is 3.60. The molecule has 0 saturated carbocycles. The number of nitrogens with zero attached hydrogens (tertiary/aromatic N) is 2. The molecule has 3 aromatic rings. The highest BCUT2D eigenvalue weighted by molar-refractivity contribution is 7.99. The van der Waals surface area contributed by atoms with Crippen LogP contribution in [0, 0.1) is 5.82 Å². The van der Waals surface area contributed by atoms with Crippen molar-refractivity contribution in [1.82, 2.24) is 15.0 Å². The van der Waals surface area contributed by atoms with E-state index in [0.29, 0.717) is 22.6 Å². The molecule has 1 saturated heterocycles. The molecule has 0 spiro atoms. The van der Waals surface area contributed by atoms with Gasteiger partial charge in [-0.3, -0.25) is 4.79 Å². The molecule has 1 aromatic carbocycles. The highest BCUT2D eigenvalue weighted by atomic mass is 32.2. The zero-order valence-corrected chi connectivity index (χ0v) is 15.2. The molecule has 4 rings (SSSR count). The number of aromatic nitrogens is 3. The summed E-state index contributed by atoms with van der Waals surface area (Å²) in [6.07, 6.45) is 2.41. The molecule has 3 heterocycles. The molecular formula is C18H19FN6OS. The summed E-state index contributed by atoms with van der Waals surface area (Å²) in [7, 11) is 0. The fourth-order valence-electron chi connectivity index (χ4n) is 3.15. The Morgan fingerprint density at radius 2 is 2.22 bits per heavy atom. The SMILES string of the molecule is NC(=O)c1ncc(N[C@@H]2CSCC[C@@H]2N)nc1-c1cc2cc(F)ccc2[nH]1. The molecule has 1 amide bonds. The highest BCUT2D eigenvalue weighted by Crippen LogP contribution is 2.27. The molecule has 0 bridgehead atoms. The van der Waals surface area contributed by atoms with E-state index in [2.05, 4.69) is 20.3 Å². The predicted molar refractivity (Wildman–Crippen MR) is 105 cm³/mol. The minimum absolute atomic E-state index is 0.0309. The van der Waals surface area contributed by atoms with E-state index in [0.717, 1.165) is 23.4 Å². The molecule has 0 aliphatic carbocycles. The van der Waals surface area contributed by atoms with E-state index in [9.17, 15) is 9.18 Å². The minimum atomic E-state index is -0.682. The number of nitrogens with two attached hydrogens (primary N) is 2. The topological polar surface area (TPSA) is 123 Å². The summed E-state index contributed by atoms with van der Waals surface area (Å²) >= 11 is 1.83. The van der Waals surface area contributed by atoms with Crippen LogP contribution in [0.1, 0.15) is 16.9 Å². The smallest absolute Gasteiger partial charge is 0.269 e. The third-order valence-corrected chi connectivity index (χ3v) is 5.71. The van der Waals surface area contributed by atoms with Gasteiger partial charge in [0.25, 0.3) is 5.91 Å². The molecule has 6 N–H and O–H groups in total. The lowest BCUT2D eigenvalue weighted by atomic mass is 10.1. The van der Waals surface area contributed by atoms with Crippen LogP contribution in [0.4, 0.5) is 10.2 Å². The van der Waals surface area contributed by atoms with Gasteiger partial charge < -0.3 is 21.8 Å². The van der Waals surface area contributed by atoms with Crippen LogP contribution in [0.15, 0.2) is 30.5 Å². The molecule has 0 unspecified atom stereocenters. The van der Waals surface area contributed by atoms with Gasteiger partial charge >= 0.3 is 0 Å². The third-order valence-electron chi connectivity index (χ3n) is 4.59. The molecule has 1 aliphatic heterocycles. The van der Waals surface area contributed by atoms with Gasteiger partial charge in [0.2, 0.25) is 0 Å². The second kappa shape index (κ2) is 7.16. The Kier molecular flexibility index (Phi) is 4.71. The summed E-state index contributed by atoms with van der Waals surface area (Å²) in [5.74, 6) is 1.42. The lowest BCUT2D eigenvalue weighted by Crippen LogP contribution is -2.45. The molecule has 2 aromatic heterocycles. The highest BCUT2D eigenvalue weighted by Gasteiger charge is 2.23. The van der Waals surface area contributed by atoms with Gasteiger partial charge in [0.1, 0.15) is 17.3 Å². The first kappa shape index (κ1) is 17.7. The van der Waals surface area contributed by atoms with E-state index in [4.69, 9.17) is 11.5 Å². The maximum Gasteiger partial charge on any atom is 0.269 e. The molecule has 0 radical (unpaired) electrons. The molecule has 7 nitrogen and oxygen atoms in total. The number of thioether (sulfide) groups is 1. The Morgan fingerprint density at radius 1 is 1.37 bits per heavy atom. The first-order valence-electron chi connectivity index (χ1n) is 8.56. The van der Waals surface area contributed by atoms with Gasteiger partial charge in [0.05, 0.1) is 17.9 Å². The fourth-order valence-corrected chi connectivity index (χ4v) is 4.34. The van der Waals surface area contributed by atoms with Crippen molar-refractivity contribution < 1.29 is 9.18 Å². The first-order chi connectivity index (χ1) is 13.0. The monoisotopic (exact) mass is 386 g/mol. The molecule has 2 atom stereocenters. The molecule has 9 heteroatoms. The second-order valence-electron chi connectivity index (χ2n) is 6.51. The van der Waals surface area contributed by atoms with E-state index in [1.165, 1.54) is 18.3 Å². The van der Waals surface area contributed by atoms with Crippen LogP contribution >= 0.6 is 11.8 Å². The molecule has 140 valence electrons. The average molecular weight is 386 g/mol. The number of hydrogen-bond acceptors (Lipinski definition) is 6. The number of primary amides is 1. The van der Waals surface area contributed by atoms with E-state index in [1.807, 2.05) is 11.8 Å². The summed E-state index contributed by atoms with van der Waals surface area (Å²) in [6, 6.07) is 6.23. The molecular weight excluding hydrogens is 367 g/mol. The number of fused-ring (bicyclic) bond motifs is 1.